The monoisotopic (exact) mass is 283 g/mol. The van der Waals surface area contributed by atoms with Crippen LogP contribution in [-0.2, 0) is 0 Å². The fraction of sp³-hybridized carbons (Fsp3) is 0.571. The van der Waals surface area contributed by atoms with E-state index in [4.69, 9.17) is 5.73 Å². The van der Waals surface area contributed by atoms with Gasteiger partial charge in [-0.2, -0.15) is 0 Å². The molecule has 0 amide bonds. The molecule has 0 bridgehead atoms. The summed E-state index contributed by atoms with van der Waals surface area (Å²) >= 11 is 3.56. The van der Waals surface area contributed by atoms with E-state index in [-0.39, 0.29) is 11.5 Å². The Labute approximate surface area is 108 Å². The number of benzene rings is 1. The van der Waals surface area contributed by atoms with Crippen LogP contribution in [0.25, 0.3) is 0 Å². The Kier molecular flexibility index (Phi) is 4.19. The van der Waals surface area contributed by atoms with E-state index in [0.717, 1.165) is 10.9 Å². The average molecular weight is 284 g/mol. The molecule has 1 unspecified atom stereocenters. The Morgan fingerprint density at radius 1 is 1.25 bits per heavy atom. The molecule has 16 heavy (non-hydrogen) atoms. The first-order valence-electron chi connectivity index (χ1n) is 5.82. The normalized spacial score (nSPS) is 13.9. The Morgan fingerprint density at radius 2 is 1.81 bits per heavy atom. The van der Waals surface area contributed by atoms with Crippen LogP contribution < -0.4 is 5.73 Å². The Hall–Kier alpha value is -0.340. The van der Waals surface area contributed by atoms with Crippen molar-refractivity contribution in [2.45, 2.75) is 47.1 Å². The lowest BCUT2D eigenvalue weighted by Crippen LogP contribution is -2.29. The molecule has 0 spiro atoms. The second-order valence-electron chi connectivity index (χ2n) is 5.28. The van der Waals surface area contributed by atoms with E-state index in [1.54, 1.807) is 0 Å². The summed E-state index contributed by atoms with van der Waals surface area (Å²) in [4.78, 5) is 0. The van der Waals surface area contributed by atoms with Gasteiger partial charge in [-0.15, -0.1) is 0 Å². The minimum absolute atomic E-state index is 0.101. The van der Waals surface area contributed by atoms with Crippen molar-refractivity contribution in [2.75, 3.05) is 0 Å². The number of hydrogen-bond acceptors (Lipinski definition) is 1. The summed E-state index contributed by atoms with van der Waals surface area (Å²) in [5, 5.41) is 0. The van der Waals surface area contributed by atoms with Gasteiger partial charge in [-0.3, -0.25) is 0 Å². The van der Waals surface area contributed by atoms with Gasteiger partial charge in [0.15, 0.2) is 0 Å². The first-order chi connectivity index (χ1) is 7.29. The molecule has 1 aromatic rings. The van der Waals surface area contributed by atoms with Crippen LogP contribution in [0, 0.1) is 19.3 Å². The zero-order chi connectivity index (χ0) is 12.5. The smallest absolute Gasteiger partial charge is 0.0349 e. The first-order valence-corrected chi connectivity index (χ1v) is 6.61. The third-order valence-corrected chi connectivity index (χ3v) is 4.49. The van der Waals surface area contributed by atoms with Gasteiger partial charge in [-0.25, -0.2) is 0 Å². The van der Waals surface area contributed by atoms with Gasteiger partial charge in [-0.05, 0) is 48.4 Å². The summed E-state index contributed by atoms with van der Waals surface area (Å²) in [5.74, 6) is 0. The van der Waals surface area contributed by atoms with Gasteiger partial charge in [0, 0.05) is 10.5 Å². The Bertz CT molecular complexity index is 383. The van der Waals surface area contributed by atoms with Gasteiger partial charge >= 0.3 is 0 Å². The molecule has 1 aromatic carbocycles. The van der Waals surface area contributed by atoms with Crippen molar-refractivity contribution in [3.05, 3.63) is 33.3 Å². The van der Waals surface area contributed by atoms with Crippen molar-refractivity contribution in [3.8, 4) is 0 Å². The molecule has 2 N–H and O–H groups in total. The molecule has 0 aliphatic heterocycles. The lowest BCUT2D eigenvalue weighted by atomic mass is 9.77. The third-order valence-electron chi connectivity index (χ3n) is 3.64. The summed E-state index contributed by atoms with van der Waals surface area (Å²) in [6, 6.07) is 4.47. The molecule has 1 nitrogen and oxygen atoms in total. The van der Waals surface area contributed by atoms with Gasteiger partial charge in [0.25, 0.3) is 0 Å². The quantitative estimate of drug-likeness (QED) is 0.868. The highest BCUT2D eigenvalue weighted by molar-refractivity contribution is 9.10. The van der Waals surface area contributed by atoms with Gasteiger partial charge in [-0.1, -0.05) is 42.8 Å². The van der Waals surface area contributed by atoms with E-state index in [0.29, 0.717) is 0 Å². The largest absolute Gasteiger partial charge is 0.323 e. The maximum absolute atomic E-state index is 6.39. The highest BCUT2D eigenvalue weighted by atomic mass is 79.9. The van der Waals surface area contributed by atoms with Crippen molar-refractivity contribution < 1.29 is 0 Å². The van der Waals surface area contributed by atoms with Gasteiger partial charge < -0.3 is 5.73 Å². The average Bonchev–Trinajstić information content (AvgIpc) is 2.22. The second-order valence-corrected chi connectivity index (χ2v) is 6.13. The lowest BCUT2D eigenvalue weighted by molar-refractivity contribution is 0.277. The molecule has 0 heterocycles. The number of hydrogen-bond donors (Lipinski definition) is 1. The molecule has 1 rings (SSSR count). The van der Waals surface area contributed by atoms with Crippen LogP contribution in [0.5, 0.6) is 0 Å². The van der Waals surface area contributed by atoms with Crippen molar-refractivity contribution in [2.24, 2.45) is 11.1 Å². The van der Waals surface area contributed by atoms with Crippen molar-refractivity contribution in [1.82, 2.24) is 0 Å². The summed E-state index contributed by atoms with van der Waals surface area (Å²) in [5.41, 5.74) is 10.3. The summed E-state index contributed by atoms with van der Waals surface area (Å²) in [6.07, 6.45) is 1.09. The van der Waals surface area contributed by atoms with E-state index in [9.17, 15) is 0 Å². The molecule has 1 atom stereocenters. The van der Waals surface area contributed by atoms with Crippen molar-refractivity contribution >= 4 is 15.9 Å². The maximum atomic E-state index is 6.39. The molecule has 0 aliphatic carbocycles. The molecule has 90 valence electrons. The molecule has 0 radical (unpaired) electrons. The Morgan fingerprint density at radius 3 is 2.31 bits per heavy atom. The molecular formula is C14H22BrN. The summed E-state index contributed by atoms with van der Waals surface area (Å²) < 4.78 is 1.16. The highest BCUT2D eigenvalue weighted by Gasteiger charge is 2.27. The van der Waals surface area contributed by atoms with Crippen LogP contribution >= 0.6 is 15.9 Å². The number of rotatable bonds is 3. The van der Waals surface area contributed by atoms with Crippen LogP contribution in [0.2, 0.25) is 0 Å². The predicted molar refractivity (Wildman–Crippen MR) is 74.6 cm³/mol. The fourth-order valence-electron chi connectivity index (χ4n) is 1.78. The van der Waals surface area contributed by atoms with E-state index in [2.05, 4.69) is 62.7 Å². The molecular weight excluding hydrogens is 262 g/mol. The number of aryl methyl sites for hydroxylation is 2. The van der Waals surface area contributed by atoms with Crippen molar-refractivity contribution in [3.63, 3.8) is 0 Å². The summed E-state index contributed by atoms with van der Waals surface area (Å²) in [6.45, 7) is 10.9. The van der Waals surface area contributed by atoms with Gasteiger partial charge in [0.2, 0.25) is 0 Å². The minimum Gasteiger partial charge on any atom is -0.323 e. The van der Waals surface area contributed by atoms with E-state index >= 15 is 0 Å². The molecule has 0 aliphatic rings. The molecule has 0 fully saturated rings. The summed E-state index contributed by atoms with van der Waals surface area (Å²) in [7, 11) is 0. The molecule has 0 saturated carbocycles. The zero-order valence-electron chi connectivity index (χ0n) is 10.9. The highest BCUT2D eigenvalue weighted by Crippen LogP contribution is 2.37. The van der Waals surface area contributed by atoms with Crippen LogP contribution in [-0.4, -0.2) is 0 Å². The van der Waals surface area contributed by atoms with Crippen LogP contribution in [0.4, 0.5) is 0 Å². The third kappa shape index (κ3) is 2.67. The van der Waals surface area contributed by atoms with Crippen molar-refractivity contribution in [1.29, 1.82) is 0 Å². The fourth-order valence-corrected chi connectivity index (χ4v) is 2.24. The lowest BCUT2D eigenvalue weighted by Gasteiger charge is -2.32. The Balaban J connectivity index is 3.19. The maximum Gasteiger partial charge on any atom is 0.0349 e. The van der Waals surface area contributed by atoms with Gasteiger partial charge in [0.05, 0.1) is 0 Å². The van der Waals surface area contributed by atoms with Crippen LogP contribution in [0.1, 0.15) is 49.9 Å². The topological polar surface area (TPSA) is 26.0 Å². The van der Waals surface area contributed by atoms with Crippen LogP contribution in [0.15, 0.2) is 16.6 Å². The number of nitrogens with two attached hydrogens (primary N) is 1. The van der Waals surface area contributed by atoms with Gasteiger partial charge in [0.1, 0.15) is 0 Å². The predicted octanol–water partition coefficient (Wildman–Crippen LogP) is 4.50. The SMILES string of the molecule is CCC(C)(C)C(N)c1cc(C)c(Br)cc1C. The standard InChI is InChI=1S/C14H22BrN/c1-6-14(4,5)13(16)11-7-10(3)12(15)8-9(11)2/h7-8,13H,6,16H2,1-5H3. The molecule has 2 heteroatoms. The minimum atomic E-state index is 0.101. The van der Waals surface area contributed by atoms with E-state index in [1.807, 2.05) is 0 Å². The zero-order valence-corrected chi connectivity index (χ0v) is 12.5. The number of halogens is 1. The van der Waals surface area contributed by atoms with E-state index in [1.165, 1.54) is 16.7 Å². The molecule has 0 saturated heterocycles. The first kappa shape index (κ1) is 13.7. The van der Waals surface area contributed by atoms with Crippen LogP contribution in [0.3, 0.4) is 0 Å². The van der Waals surface area contributed by atoms with E-state index < -0.39 is 0 Å². The molecule has 0 aromatic heterocycles. The second kappa shape index (κ2) is 4.89.